The molecule has 2 atom stereocenters. The Bertz CT molecular complexity index is 588. The molecule has 1 aromatic carbocycles. The van der Waals surface area contributed by atoms with Gasteiger partial charge in [0.05, 0.1) is 6.04 Å². The molecule has 2 N–H and O–H groups in total. The number of nitrogens with one attached hydrogen (secondary N) is 2. The highest BCUT2D eigenvalue weighted by molar-refractivity contribution is 5.97. The van der Waals surface area contributed by atoms with Gasteiger partial charge in [-0.2, -0.15) is 0 Å². The largest absolute Gasteiger partial charge is 0.355 e. The van der Waals surface area contributed by atoms with E-state index in [2.05, 4.69) is 10.6 Å². The molecule has 0 saturated carbocycles. The number of likely N-dealkylation sites (N-methyl/N-ethyl adjacent to an activating group) is 2. The molecule has 1 saturated heterocycles. The SMILES string of the molecule is CCNC(=O)[C@@H]1C[C@@H](NC(=O)CCC(=O)c2ccccc2)CN1C. The molecule has 0 unspecified atom stereocenters. The van der Waals surface area contributed by atoms with Gasteiger partial charge >= 0.3 is 0 Å². The number of benzene rings is 1. The fourth-order valence-corrected chi connectivity index (χ4v) is 3.00. The first-order chi connectivity index (χ1) is 11.5. The van der Waals surface area contributed by atoms with Crippen molar-refractivity contribution >= 4 is 17.6 Å². The molecule has 130 valence electrons. The third kappa shape index (κ3) is 4.89. The van der Waals surface area contributed by atoms with Crippen LogP contribution in [0.1, 0.15) is 36.5 Å². The predicted octanol–water partition coefficient (Wildman–Crippen LogP) is 0.974. The van der Waals surface area contributed by atoms with E-state index in [0.29, 0.717) is 25.1 Å². The van der Waals surface area contributed by atoms with Crippen molar-refractivity contribution in [3.05, 3.63) is 35.9 Å². The number of carbonyl (C=O) groups is 3. The maximum Gasteiger partial charge on any atom is 0.237 e. The molecular formula is C18H25N3O3. The number of Topliss-reactive ketones (excluding diaryl/α,β-unsaturated/α-hetero) is 1. The minimum absolute atomic E-state index is 0.00370. The third-order valence-electron chi connectivity index (χ3n) is 4.24. The van der Waals surface area contributed by atoms with Gasteiger partial charge in [-0.15, -0.1) is 0 Å². The molecule has 2 rings (SSSR count). The van der Waals surface area contributed by atoms with Gasteiger partial charge in [-0.1, -0.05) is 30.3 Å². The average Bonchev–Trinajstić information content (AvgIpc) is 2.94. The quantitative estimate of drug-likeness (QED) is 0.730. The topological polar surface area (TPSA) is 78.5 Å². The van der Waals surface area contributed by atoms with Gasteiger partial charge in [0.1, 0.15) is 0 Å². The lowest BCUT2D eigenvalue weighted by molar-refractivity contribution is -0.125. The summed E-state index contributed by atoms with van der Waals surface area (Å²) >= 11 is 0. The molecule has 24 heavy (non-hydrogen) atoms. The number of carbonyl (C=O) groups excluding carboxylic acids is 3. The van der Waals surface area contributed by atoms with Crippen LogP contribution in [-0.2, 0) is 9.59 Å². The molecule has 6 heteroatoms. The van der Waals surface area contributed by atoms with Crippen LogP contribution in [0.3, 0.4) is 0 Å². The monoisotopic (exact) mass is 331 g/mol. The lowest BCUT2D eigenvalue weighted by Gasteiger charge is -2.17. The summed E-state index contributed by atoms with van der Waals surface area (Å²) in [5.41, 5.74) is 0.627. The van der Waals surface area contributed by atoms with Crippen molar-refractivity contribution in [1.29, 1.82) is 0 Å². The minimum Gasteiger partial charge on any atom is -0.355 e. The molecule has 0 radical (unpaired) electrons. The molecule has 1 aliphatic heterocycles. The van der Waals surface area contributed by atoms with E-state index < -0.39 is 0 Å². The van der Waals surface area contributed by atoms with Crippen molar-refractivity contribution < 1.29 is 14.4 Å². The Morgan fingerprint density at radius 1 is 1.17 bits per heavy atom. The van der Waals surface area contributed by atoms with Crippen LogP contribution in [0.2, 0.25) is 0 Å². The first-order valence-electron chi connectivity index (χ1n) is 8.36. The zero-order valence-electron chi connectivity index (χ0n) is 14.2. The molecule has 0 aromatic heterocycles. The Morgan fingerprint density at radius 2 is 1.88 bits per heavy atom. The molecular weight excluding hydrogens is 306 g/mol. The van der Waals surface area contributed by atoms with Crippen molar-refractivity contribution in [1.82, 2.24) is 15.5 Å². The van der Waals surface area contributed by atoms with Crippen LogP contribution in [0.15, 0.2) is 30.3 Å². The maximum absolute atomic E-state index is 12.1. The lowest BCUT2D eigenvalue weighted by atomic mass is 10.1. The molecule has 6 nitrogen and oxygen atoms in total. The van der Waals surface area contributed by atoms with Crippen molar-refractivity contribution in [2.45, 2.75) is 38.3 Å². The summed E-state index contributed by atoms with van der Waals surface area (Å²) in [4.78, 5) is 38.0. The van der Waals surface area contributed by atoms with Crippen LogP contribution in [0.5, 0.6) is 0 Å². The van der Waals surface area contributed by atoms with Crippen LogP contribution >= 0.6 is 0 Å². The van der Waals surface area contributed by atoms with Gasteiger partial charge in [0.25, 0.3) is 0 Å². The van der Waals surface area contributed by atoms with E-state index in [0.717, 1.165) is 0 Å². The summed E-state index contributed by atoms with van der Waals surface area (Å²) in [6, 6.07) is 8.71. The zero-order valence-corrected chi connectivity index (χ0v) is 14.2. The summed E-state index contributed by atoms with van der Waals surface area (Å²) in [5, 5.41) is 5.74. The fourth-order valence-electron chi connectivity index (χ4n) is 3.00. The first-order valence-corrected chi connectivity index (χ1v) is 8.36. The highest BCUT2D eigenvalue weighted by Gasteiger charge is 2.34. The standard InChI is InChI=1S/C18H25N3O3/c1-3-19-18(24)15-11-14(12-21(15)2)20-17(23)10-9-16(22)13-7-5-4-6-8-13/h4-8,14-15H,3,9-12H2,1-2H3,(H,19,24)(H,20,23)/t14-,15+/m1/s1. The zero-order chi connectivity index (χ0) is 17.5. The van der Waals surface area contributed by atoms with Gasteiger partial charge in [0.2, 0.25) is 11.8 Å². The van der Waals surface area contributed by atoms with Gasteiger partial charge in [-0.3, -0.25) is 19.3 Å². The van der Waals surface area contributed by atoms with E-state index in [9.17, 15) is 14.4 Å². The Labute approximate surface area is 142 Å². The number of hydrogen-bond donors (Lipinski definition) is 2. The number of hydrogen-bond acceptors (Lipinski definition) is 4. The van der Waals surface area contributed by atoms with Crippen LogP contribution in [0.25, 0.3) is 0 Å². The fraction of sp³-hybridized carbons (Fsp3) is 0.500. The maximum atomic E-state index is 12.1. The molecule has 0 bridgehead atoms. The van der Waals surface area contributed by atoms with E-state index in [1.807, 2.05) is 37.1 Å². The molecule has 0 spiro atoms. The molecule has 1 fully saturated rings. The average molecular weight is 331 g/mol. The molecule has 1 aliphatic rings. The highest BCUT2D eigenvalue weighted by atomic mass is 16.2. The van der Waals surface area contributed by atoms with Crippen LogP contribution in [-0.4, -0.2) is 54.7 Å². The Balaban J connectivity index is 1.77. The summed E-state index contributed by atoms with van der Waals surface area (Å²) in [5.74, 6) is -0.181. The Kier molecular flexibility index (Phi) is 6.49. The minimum atomic E-state index is -0.207. The van der Waals surface area contributed by atoms with Crippen molar-refractivity contribution in [2.75, 3.05) is 20.1 Å². The van der Waals surface area contributed by atoms with Gasteiger partial charge < -0.3 is 10.6 Å². The number of nitrogens with zero attached hydrogens (tertiary/aromatic N) is 1. The van der Waals surface area contributed by atoms with Gasteiger partial charge in [0.15, 0.2) is 5.78 Å². The van der Waals surface area contributed by atoms with Gasteiger partial charge in [-0.25, -0.2) is 0 Å². The van der Waals surface area contributed by atoms with Crippen molar-refractivity contribution in [2.24, 2.45) is 0 Å². The smallest absolute Gasteiger partial charge is 0.237 e. The van der Waals surface area contributed by atoms with Crippen LogP contribution in [0, 0.1) is 0 Å². The second kappa shape index (κ2) is 8.59. The number of likely N-dealkylation sites (tertiary alicyclic amines) is 1. The van der Waals surface area contributed by atoms with E-state index in [4.69, 9.17) is 0 Å². The molecule has 0 aliphatic carbocycles. The predicted molar refractivity (Wildman–Crippen MR) is 91.7 cm³/mol. The van der Waals surface area contributed by atoms with E-state index in [1.165, 1.54) is 0 Å². The third-order valence-corrected chi connectivity index (χ3v) is 4.24. The van der Waals surface area contributed by atoms with Crippen LogP contribution < -0.4 is 10.6 Å². The summed E-state index contributed by atoms with van der Waals surface area (Å²) in [6.45, 7) is 3.12. The lowest BCUT2D eigenvalue weighted by Crippen LogP contribution is -2.41. The van der Waals surface area contributed by atoms with Crippen molar-refractivity contribution in [3.63, 3.8) is 0 Å². The summed E-state index contributed by atoms with van der Waals surface area (Å²) < 4.78 is 0. The van der Waals surface area contributed by atoms with E-state index in [1.54, 1.807) is 12.1 Å². The second-order valence-electron chi connectivity index (χ2n) is 6.14. The number of rotatable bonds is 7. The van der Waals surface area contributed by atoms with Crippen molar-refractivity contribution in [3.8, 4) is 0 Å². The van der Waals surface area contributed by atoms with E-state index in [-0.39, 0.29) is 42.5 Å². The van der Waals surface area contributed by atoms with Gasteiger partial charge in [0, 0.05) is 37.5 Å². The second-order valence-corrected chi connectivity index (χ2v) is 6.14. The number of amides is 2. The molecule has 1 aromatic rings. The summed E-state index contributed by atoms with van der Waals surface area (Å²) in [7, 11) is 1.88. The normalized spacial score (nSPS) is 20.6. The number of ketones is 1. The Hall–Kier alpha value is -2.21. The Morgan fingerprint density at radius 3 is 2.54 bits per heavy atom. The molecule has 1 heterocycles. The van der Waals surface area contributed by atoms with Crippen LogP contribution in [0.4, 0.5) is 0 Å². The highest BCUT2D eigenvalue weighted by Crippen LogP contribution is 2.16. The molecule has 2 amide bonds. The van der Waals surface area contributed by atoms with E-state index >= 15 is 0 Å². The van der Waals surface area contributed by atoms with Gasteiger partial charge in [-0.05, 0) is 20.4 Å². The first kappa shape index (κ1) is 18.1. The summed E-state index contributed by atoms with van der Waals surface area (Å²) in [6.07, 6.45) is 0.957.